The van der Waals surface area contributed by atoms with E-state index in [1.807, 2.05) is 0 Å². The van der Waals surface area contributed by atoms with Crippen molar-refractivity contribution in [2.24, 2.45) is 0 Å². The number of rotatable bonds is 1. The fourth-order valence-corrected chi connectivity index (χ4v) is 0.914. The zero-order chi connectivity index (χ0) is 9.26. The van der Waals surface area contributed by atoms with Crippen LogP contribution in [0.1, 0.15) is 5.82 Å². The van der Waals surface area contributed by atoms with E-state index in [1.54, 1.807) is 13.0 Å². The van der Waals surface area contributed by atoms with E-state index >= 15 is 0 Å². The van der Waals surface area contributed by atoms with Crippen LogP contribution < -0.4 is 0 Å². The molecule has 0 radical (unpaired) electrons. The van der Waals surface area contributed by atoms with Crippen LogP contribution in [-0.2, 0) is 0 Å². The zero-order valence-corrected chi connectivity index (χ0v) is 6.93. The Hall–Kier alpha value is -1.91. The molecular formula is C8H7N3O2. The van der Waals surface area contributed by atoms with E-state index in [2.05, 4.69) is 15.1 Å². The average molecular weight is 177 g/mol. The molecule has 2 rings (SSSR count). The Labute approximate surface area is 74.1 Å². The van der Waals surface area contributed by atoms with E-state index in [-0.39, 0.29) is 5.75 Å². The predicted molar refractivity (Wildman–Crippen MR) is 43.9 cm³/mol. The molecule has 0 aromatic carbocycles. The molecule has 2 aromatic rings. The Morgan fingerprint density at radius 2 is 2.23 bits per heavy atom. The van der Waals surface area contributed by atoms with Gasteiger partial charge in [-0.15, -0.1) is 0 Å². The van der Waals surface area contributed by atoms with E-state index in [4.69, 9.17) is 9.63 Å². The van der Waals surface area contributed by atoms with E-state index in [0.29, 0.717) is 17.4 Å². The predicted octanol–water partition coefficient (Wildman–Crippen LogP) is 1.15. The molecule has 13 heavy (non-hydrogen) atoms. The van der Waals surface area contributed by atoms with Crippen molar-refractivity contribution in [1.29, 1.82) is 0 Å². The molecule has 0 fully saturated rings. The molecule has 0 saturated carbocycles. The summed E-state index contributed by atoms with van der Waals surface area (Å²) >= 11 is 0. The lowest BCUT2D eigenvalue weighted by molar-refractivity contribution is 0.424. The molecule has 5 nitrogen and oxygen atoms in total. The second-order valence-electron chi connectivity index (χ2n) is 2.55. The number of hydrogen-bond donors (Lipinski definition) is 1. The molecule has 0 aliphatic carbocycles. The first-order chi connectivity index (χ1) is 6.25. The molecule has 1 N–H and O–H groups in total. The van der Waals surface area contributed by atoms with Gasteiger partial charge in [0.1, 0.15) is 11.4 Å². The van der Waals surface area contributed by atoms with Crippen LogP contribution in [0.25, 0.3) is 11.6 Å². The molecule has 0 unspecified atom stereocenters. The Kier molecular flexibility index (Phi) is 1.70. The van der Waals surface area contributed by atoms with Crippen molar-refractivity contribution < 1.29 is 9.63 Å². The number of aromatic nitrogens is 3. The van der Waals surface area contributed by atoms with Gasteiger partial charge in [-0.2, -0.15) is 4.98 Å². The Balaban J connectivity index is 2.41. The molecule has 0 aliphatic heterocycles. The molecule has 0 amide bonds. The molecule has 0 atom stereocenters. The van der Waals surface area contributed by atoms with Crippen LogP contribution in [0.2, 0.25) is 0 Å². The summed E-state index contributed by atoms with van der Waals surface area (Å²) in [6, 6.07) is 3.13. The molecule has 2 aromatic heterocycles. The van der Waals surface area contributed by atoms with Crippen molar-refractivity contribution in [3.8, 4) is 17.3 Å². The first-order valence-corrected chi connectivity index (χ1v) is 3.71. The monoisotopic (exact) mass is 177 g/mol. The van der Waals surface area contributed by atoms with Crippen LogP contribution in [-0.4, -0.2) is 20.2 Å². The molecule has 0 aliphatic rings. The molecular weight excluding hydrogens is 170 g/mol. The Morgan fingerprint density at radius 3 is 2.77 bits per heavy atom. The Bertz CT molecular complexity index is 408. The highest BCUT2D eigenvalue weighted by Gasteiger charge is 2.06. The van der Waals surface area contributed by atoms with Crippen molar-refractivity contribution in [3.63, 3.8) is 0 Å². The summed E-state index contributed by atoms with van der Waals surface area (Å²) in [5.74, 6) is 1.03. The first kappa shape index (κ1) is 7.72. The third-order valence-corrected chi connectivity index (χ3v) is 1.49. The molecule has 2 heterocycles. The van der Waals surface area contributed by atoms with E-state index in [1.165, 1.54) is 12.3 Å². The van der Waals surface area contributed by atoms with Crippen LogP contribution in [0.15, 0.2) is 22.9 Å². The maximum absolute atomic E-state index is 8.98. The number of aromatic hydroxyl groups is 1. The van der Waals surface area contributed by atoms with Gasteiger partial charge in [-0.25, -0.2) is 4.98 Å². The summed E-state index contributed by atoms with van der Waals surface area (Å²) in [6.07, 6.45) is 1.33. The summed E-state index contributed by atoms with van der Waals surface area (Å²) in [7, 11) is 0. The average Bonchev–Trinajstić information content (AvgIpc) is 2.53. The largest absolute Gasteiger partial charge is 0.506 e. The van der Waals surface area contributed by atoms with Gasteiger partial charge >= 0.3 is 0 Å². The smallest absolute Gasteiger partial charge is 0.276 e. The lowest BCUT2D eigenvalue weighted by Gasteiger charge is -1.92. The van der Waals surface area contributed by atoms with E-state index in [9.17, 15) is 0 Å². The second kappa shape index (κ2) is 2.85. The third kappa shape index (κ3) is 1.48. The van der Waals surface area contributed by atoms with Crippen molar-refractivity contribution in [2.75, 3.05) is 0 Å². The van der Waals surface area contributed by atoms with Gasteiger partial charge in [-0.05, 0) is 19.1 Å². The summed E-state index contributed by atoms with van der Waals surface area (Å²) < 4.78 is 4.88. The van der Waals surface area contributed by atoms with Gasteiger partial charge < -0.3 is 9.63 Å². The highest BCUT2D eigenvalue weighted by molar-refractivity contribution is 5.46. The quantitative estimate of drug-likeness (QED) is 0.707. The van der Waals surface area contributed by atoms with Crippen molar-refractivity contribution in [1.82, 2.24) is 15.1 Å². The standard InChI is InChI=1S/C8H7N3O2/c1-5-10-8(13-11-5)7-3-2-6(12)4-9-7/h2-4,12H,1H3. The maximum atomic E-state index is 8.98. The normalized spacial score (nSPS) is 10.2. The summed E-state index contributed by atoms with van der Waals surface area (Å²) in [5.41, 5.74) is 0.554. The molecule has 5 heteroatoms. The number of hydrogen-bond acceptors (Lipinski definition) is 5. The van der Waals surface area contributed by atoms with Gasteiger partial charge in [-0.3, -0.25) is 0 Å². The Morgan fingerprint density at radius 1 is 1.38 bits per heavy atom. The van der Waals surface area contributed by atoms with Gasteiger partial charge in [0.05, 0.1) is 6.20 Å². The number of nitrogens with zero attached hydrogens (tertiary/aromatic N) is 3. The molecule has 66 valence electrons. The topological polar surface area (TPSA) is 72.0 Å². The minimum atomic E-state index is 0.111. The minimum absolute atomic E-state index is 0.111. The number of pyridine rings is 1. The van der Waals surface area contributed by atoms with Crippen LogP contribution in [0.4, 0.5) is 0 Å². The van der Waals surface area contributed by atoms with Gasteiger partial charge in [0.15, 0.2) is 5.82 Å². The minimum Gasteiger partial charge on any atom is -0.506 e. The fraction of sp³-hybridized carbons (Fsp3) is 0.125. The van der Waals surface area contributed by atoms with Gasteiger partial charge in [0, 0.05) is 0 Å². The van der Waals surface area contributed by atoms with Crippen molar-refractivity contribution in [2.45, 2.75) is 6.92 Å². The summed E-state index contributed by atoms with van der Waals surface area (Å²) in [6.45, 7) is 1.73. The zero-order valence-electron chi connectivity index (χ0n) is 6.93. The van der Waals surface area contributed by atoms with Crippen LogP contribution in [0, 0.1) is 6.92 Å². The first-order valence-electron chi connectivity index (χ1n) is 3.71. The van der Waals surface area contributed by atoms with Crippen LogP contribution in [0.3, 0.4) is 0 Å². The lowest BCUT2D eigenvalue weighted by Crippen LogP contribution is -1.82. The highest BCUT2D eigenvalue weighted by atomic mass is 16.5. The fourth-order valence-electron chi connectivity index (χ4n) is 0.914. The number of aryl methyl sites for hydroxylation is 1. The molecule has 0 saturated heterocycles. The molecule has 0 bridgehead atoms. The van der Waals surface area contributed by atoms with Gasteiger partial charge in [-0.1, -0.05) is 5.16 Å². The summed E-state index contributed by atoms with van der Waals surface area (Å²) in [4.78, 5) is 7.90. The third-order valence-electron chi connectivity index (χ3n) is 1.49. The second-order valence-corrected chi connectivity index (χ2v) is 2.55. The van der Waals surface area contributed by atoms with Gasteiger partial charge in [0.2, 0.25) is 0 Å². The molecule has 0 spiro atoms. The van der Waals surface area contributed by atoms with Crippen LogP contribution in [0.5, 0.6) is 5.75 Å². The SMILES string of the molecule is Cc1noc(-c2ccc(O)cn2)n1. The van der Waals surface area contributed by atoms with Crippen LogP contribution >= 0.6 is 0 Å². The lowest BCUT2D eigenvalue weighted by atomic mass is 10.3. The summed E-state index contributed by atoms with van der Waals surface area (Å²) in [5, 5.41) is 12.6. The van der Waals surface area contributed by atoms with Crippen molar-refractivity contribution in [3.05, 3.63) is 24.2 Å². The van der Waals surface area contributed by atoms with Gasteiger partial charge in [0.25, 0.3) is 5.89 Å². The highest BCUT2D eigenvalue weighted by Crippen LogP contribution is 2.16. The maximum Gasteiger partial charge on any atom is 0.276 e. The van der Waals surface area contributed by atoms with E-state index in [0.717, 1.165) is 0 Å². The van der Waals surface area contributed by atoms with Crippen molar-refractivity contribution >= 4 is 0 Å². The van der Waals surface area contributed by atoms with E-state index < -0.39 is 0 Å².